The minimum Gasteiger partial charge on any atom is -0.473 e. The molecule has 2 rings (SSSR count). The lowest BCUT2D eigenvalue weighted by atomic mass is 10.2. The van der Waals surface area contributed by atoms with Crippen LogP contribution in [0.5, 0.6) is 5.19 Å². The number of rotatable bonds is 5. The third-order valence-corrected chi connectivity index (χ3v) is 3.85. The predicted octanol–water partition coefficient (Wildman–Crippen LogP) is 1.73. The van der Waals surface area contributed by atoms with Crippen molar-refractivity contribution < 1.29 is 9.47 Å². The van der Waals surface area contributed by atoms with Crippen molar-refractivity contribution in [2.45, 2.75) is 32.4 Å². The van der Waals surface area contributed by atoms with E-state index in [2.05, 4.69) is 10.3 Å². The fraction of sp³-hybridized carbons (Fsp3) is 0.727. The molecule has 0 spiro atoms. The molecule has 16 heavy (non-hydrogen) atoms. The van der Waals surface area contributed by atoms with Crippen molar-refractivity contribution in [2.75, 3.05) is 20.3 Å². The highest BCUT2D eigenvalue weighted by atomic mass is 32.1. The number of hydrogen-bond donors (Lipinski definition) is 1. The fourth-order valence-corrected chi connectivity index (χ4v) is 2.65. The van der Waals surface area contributed by atoms with E-state index in [9.17, 15) is 0 Å². The molecule has 0 aromatic carbocycles. The summed E-state index contributed by atoms with van der Waals surface area (Å²) < 4.78 is 10.7. The van der Waals surface area contributed by atoms with Crippen LogP contribution in [0.2, 0.25) is 0 Å². The number of ether oxygens (including phenoxy) is 2. The normalized spacial score (nSPS) is 20.2. The zero-order valence-electron chi connectivity index (χ0n) is 9.78. The Bertz CT molecular complexity index is 335. The lowest BCUT2D eigenvalue weighted by Crippen LogP contribution is -2.25. The quantitative estimate of drug-likeness (QED) is 0.854. The Kier molecular flexibility index (Phi) is 4.15. The van der Waals surface area contributed by atoms with Crippen molar-refractivity contribution >= 4 is 11.3 Å². The van der Waals surface area contributed by atoms with Crippen LogP contribution in [0.25, 0.3) is 0 Å². The molecule has 1 atom stereocenters. The van der Waals surface area contributed by atoms with Crippen LogP contribution in [0, 0.1) is 6.92 Å². The highest BCUT2D eigenvalue weighted by Gasteiger charge is 2.15. The van der Waals surface area contributed by atoms with Crippen LogP contribution >= 0.6 is 11.3 Å². The molecule has 1 N–H and O–H groups in total. The van der Waals surface area contributed by atoms with Gasteiger partial charge in [0.15, 0.2) is 0 Å². The first-order valence-electron chi connectivity index (χ1n) is 5.62. The Balaban J connectivity index is 1.77. The molecule has 4 nitrogen and oxygen atoms in total. The maximum atomic E-state index is 5.55. The van der Waals surface area contributed by atoms with Crippen molar-refractivity contribution in [2.24, 2.45) is 0 Å². The van der Waals surface area contributed by atoms with E-state index in [1.54, 1.807) is 18.4 Å². The molecule has 1 unspecified atom stereocenters. The maximum Gasteiger partial charge on any atom is 0.273 e. The van der Waals surface area contributed by atoms with Crippen molar-refractivity contribution in [3.63, 3.8) is 0 Å². The van der Waals surface area contributed by atoms with Crippen LogP contribution in [-0.4, -0.2) is 31.3 Å². The molecule has 1 aromatic heterocycles. The van der Waals surface area contributed by atoms with Crippen molar-refractivity contribution in [1.82, 2.24) is 10.3 Å². The molecule has 5 heteroatoms. The van der Waals surface area contributed by atoms with E-state index in [1.807, 2.05) is 6.92 Å². The molecular weight excluding hydrogens is 224 g/mol. The summed E-state index contributed by atoms with van der Waals surface area (Å²) in [4.78, 5) is 5.55. The van der Waals surface area contributed by atoms with E-state index in [0.717, 1.165) is 30.6 Å². The summed E-state index contributed by atoms with van der Waals surface area (Å²) in [5.74, 6) is 0. The number of aromatic nitrogens is 1. The van der Waals surface area contributed by atoms with E-state index < -0.39 is 0 Å². The maximum absolute atomic E-state index is 5.55. The van der Waals surface area contributed by atoms with Gasteiger partial charge in [-0.25, -0.2) is 4.98 Å². The van der Waals surface area contributed by atoms with Gasteiger partial charge in [0.05, 0.1) is 18.9 Å². The highest BCUT2D eigenvalue weighted by molar-refractivity contribution is 7.13. The summed E-state index contributed by atoms with van der Waals surface area (Å²) in [6.45, 7) is 4.72. The first-order chi connectivity index (χ1) is 7.79. The molecule has 0 saturated carbocycles. The number of hydrogen-bond acceptors (Lipinski definition) is 5. The first kappa shape index (κ1) is 11.8. The van der Waals surface area contributed by atoms with Gasteiger partial charge in [-0.1, -0.05) is 11.3 Å². The van der Waals surface area contributed by atoms with Crippen molar-refractivity contribution in [3.8, 4) is 5.19 Å². The van der Waals surface area contributed by atoms with Gasteiger partial charge >= 0.3 is 0 Å². The van der Waals surface area contributed by atoms with Crippen molar-refractivity contribution in [3.05, 3.63) is 10.6 Å². The van der Waals surface area contributed by atoms with E-state index in [-0.39, 0.29) is 0 Å². The highest BCUT2D eigenvalue weighted by Crippen LogP contribution is 2.23. The molecule has 0 amide bonds. The zero-order chi connectivity index (χ0) is 11.4. The third-order valence-electron chi connectivity index (χ3n) is 2.73. The molecule has 1 aliphatic rings. The van der Waals surface area contributed by atoms with E-state index in [0.29, 0.717) is 6.10 Å². The second-order valence-electron chi connectivity index (χ2n) is 3.96. The van der Waals surface area contributed by atoms with Gasteiger partial charge in [0.1, 0.15) is 0 Å². The second kappa shape index (κ2) is 5.61. The summed E-state index contributed by atoms with van der Waals surface area (Å²) in [5.41, 5.74) is 1.06. The van der Waals surface area contributed by atoms with Crippen LogP contribution in [-0.2, 0) is 11.3 Å². The van der Waals surface area contributed by atoms with Gasteiger partial charge in [-0.05, 0) is 19.8 Å². The van der Waals surface area contributed by atoms with Gasteiger partial charge < -0.3 is 14.8 Å². The van der Waals surface area contributed by atoms with Gasteiger partial charge in [-0.15, -0.1) is 0 Å². The fourth-order valence-electron chi connectivity index (χ4n) is 1.80. The third kappa shape index (κ3) is 2.93. The monoisotopic (exact) mass is 242 g/mol. The summed E-state index contributed by atoms with van der Waals surface area (Å²) in [5, 5.41) is 4.15. The summed E-state index contributed by atoms with van der Waals surface area (Å²) in [7, 11) is 1.65. The molecular formula is C11H18N2O2S. The van der Waals surface area contributed by atoms with Gasteiger partial charge in [0, 0.05) is 24.6 Å². The number of nitrogens with one attached hydrogen (secondary N) is 1. The van der Waals surface area contributed by atoms with Crippen LogP contribution < -0.4 is 10.1 Å². The van der Waals surface area contributed by atoms with Gasteiger partial charge in [0.2, 0.25) is 0 Å². The minimum absolute atomic E-state index is 0.398. The second-order valence-corrected chi connectivity index (χ2v) is 5.00. The van der Waals surface area contributed by atoms with Crippen LogP contribution in [0.3, 0.4) is 0 Å². The average Bonchev–Trinajstić information content (AvgIpc) is 2.89. The smallest absolute Gasteiger partial charge is 0.273 e. The molecule has 1 saturated heterocycles. The summed E-state index contributed by atoms with van der Waals surface area (Å²) in [6.07, 6.45) is 2.77. The van der Waals surface area contributed by atoms with Crippen LogP contribution in [0.4, 0.5) is 0 Å². The Hall–Kier alpha value is -0.650. The van der Waals surface area contributed by atoms with Gasteiger partial charge in [0.25, 0.3) is 5.19 Å². The summed E-state index contributed by atoms with van der Waals surface area (Å²) in [6, 6.07) is 0. The first-order valence-corrected chi connectivity index (χ1v) is 6.44. The molecule has 2 heterocycles. The Labute approximate surface area is 100.0 Å². The topological polar surface area (TPSA) is 43.4 Å². The van der Waals surface area contributed by atoms with Crippen LogP contribution in [0.15, 0.2) is 0 Å². The molecule has 0 radical (unpaired) electrons. The van der Waals surface area contributed by atoms with Crippen molar-refractivity contribution in [1.29, 1.82) is 0 Å². The molecule has 0 aliphatic carbocycles. The Morgan fingerprint density at radius 1 is 1.62 bits per heavy atom. The lowest BCUT2D eigenvalue weighted by Gasteiger charge is -2.09. The lowest BCUT2D eigenvalue weighted by molar-refractivity contribution is 0.110. The van der Waals surface area contributed by atoms with E-state index in [1.165, 1.54) is 17.7 Å². The van der Waals surface area contributed by atoms with Gasteiger partial charge in [-0.3, -0.25) is 0 Å². The predicted molar refractivity (Wildman–Crippen MR) is 64.1 cm³/mol. The number of aryl methyl sites for hydroxylation is 1. The Morgan fingerprint density at radius 2 is 2.50 bits per heavy atom. The summed E-state index contributed by atoms with van der Waals surface area (Å²) >= 11 is 1.61. The molecule has 1 fully saturated rings. The van der Waals surface area contributed by atoms with Crippen LogP contribution in [0.1, 0.15) is 23.4 Å². The minimum atomic E-state index is 0.398. The molecule has 1 aromatic rings. The number of thiazole rings is 1. The average molecular weight is 242 g/mol. The molecule has 1 aliphatic heterocycles. The standard InChI is InChI=1S/C11H18N2O2S/c1-8-10(16-11(13-8)14-2)7-12-6-9-4-3-5-15-9/h9,12H,3-7H2,1-2H3. The van der Waals surface area contributed by atoms with E-state index in [4.69, 9.17) is 9.47 Å². The largest absolute Gasteiger partial charge is 0.473 e. The molecule has 90 valence electrons. The number of nitrogens with zero attached hydrogens (tertiary/aromatic N) is 1. The molecule has 0 bridgehead atoms. The Morgan fingerprint density at radius 3 is 3.12 bits per heavy atom. The zero-order valence-corrected chi connectivity index (χ0v) is 10.6. The van der Waals surface area contributed by atoms with Gasteiger partial charge in [-0.2, -0.15) is 0 Å². The number of methoxy groups -OCH3 is 1. The van der Waals surface area contributed by atoms with E-state index >= 15 is 0 Å². The SMILES string of the molecule is COc1nc(C)c(CNCC2CCCO2)s1.